The van der Waals surface area contributed by atoms with Crippen molar-refractivity contribution in [1.82, 2.24) is 4.98 Å². The lowest BCUT2D eigenvalue weighted by Crippen LogP contribution is -2.20. The van der Waals surface area contributed by atoms with Crippen molar-refractivity contribution in [3.05, 3.63) is 23.9 Å². The quantitative estimate of drug-likeness (QED) is 0.849. The molecular formula is C14H20N2OS. The van der Waals surface area contributed by atoms with Gasteiger partial charge in [0, 0.05) is 17.8 Å². The molecule has 0 aromatic carbocycles. The molecule has 1 aliphatic carbocycles. The molecule has 0 saturated heterocycles. The Morgan fingerprint density at radius 1 is 1.56 bits per heavy atom. The topological polar surface area (TPSA) is 48.1 Å². The second-order valence-electron chi connectivity index (χ2n) is 5.20. The zero-order valence-electron chi connectivity index (χ0n) is 10.8. The first-order valence-electron chi connectivity index (χ1n) is 6.54. The van der Waals surface area contributed by atoms with Crippen molar-refractivity contribution in [3.63, 3.8) is 0 Å². The van der Waals surface area contributed by atoms with Crippen molar-refractivity contribution in [2.75, 3.05) is 6.61 Å². The van der Waals surface area contributed by atoms with Gasteiger partial charge in [-0.1, -0.05) is 32.0 Å². The molecule has 0 aliphatic heterocycles. The molecule has 2 unspecified atom stereocenters. The van der Waals surface area contributed by atoms with Crippen LogP contribution in [0.15, 0.2) is 18.3 Å². The van der Waals surface area contributed by atoms with Crippen molar-refractivity contribution in [2.45, 2.75) is 32.6 Å². The van der Waals surface area contributed by atoms with Gasteiger partial charge in [0.1, 0.15) is 4.99 Å². The maximum Gasteiger partial charge on any atom is 0.213 e. The molecule has 0 radical (unpaired) electrons. The normalized spacial score (nSPS) is 23.6. The molecule has 3 nitrogen and oxygen atoms in total. The van der Waals surface area contributed by atoms with Crippen molar-refractivity contribution >= 4 is 17.2 Å². The minimum Gasteiger partial charge on any atom is -0.477 e. The third kappa shape index (κ3) is 3.67. The Labute approximate surface area is 114 Å². The summed E-state index contributed by atoms with van der Waals surface area (Å²) in [5.74, 6) is 2.10. The lowest BCUT2D eigenvalue weighted by atomic mass is 9.83. The van der Waals surface area contributed by atoms with E-state index in [9.17, 15) is 0 Å². The number of hydrogen-bond donors (Lipinski definition) is 1. The summed E-state index contributed by atoms with van der Waals surface area (Å²) in [6.07, 6.45) is 6.88. The minimum absolute atomic E-state index is 0.383. The van der Waals surface area contributed by atoms with Crippen LogP contribution in [0.3, 0.4) is 0 Å². The Morgan fingerprint density at radius 3 is 3.11 bits per heavy atom. The van der Waals surface area contributed by atoms with E-state index in [1.807, 2.05) is 6.07 Å². The highest BCUT2D eigenvalue weighted by Crippen LogP contribution is 2.28. The molecule has 98 valence electrons. The summed E-state index contributed by atoms with van der Waals surface area (Å²) >= 11 is 4.94. The van der Waals surface area contributed by atoms with E-state index in [0.29, 0.717) is 16.8 Å². The van der Waals surface area contributed by atoms with Crippen LogP contribution < -0.4 is 10.5 Å². The molecule has 1 heterocycles. The largest absolute Gasteiger partial charge is 0.477 e. The monoisotopic (exact) mass is 264 g/mol. The van der Waals surface area contributed by atoms with Gasteiger partial charge in [-0.2, -0.15) is 0 Å². The van der Waals surface area contributed by atoms with Crippen LogP contribution in [-0.2, 0) is 0 Å². The number of ether oxygens (including phenoxy) is 1. The van der Waals surface area contributed by atoms with E-state index in [0.717, 1.165) is 18.1 Å². The first-order valence-corrected chi connectivity index (χ1v) is 6.94. The van der Waals surface area contributed by atoms with Crippen LogP contribution in [0.4, 0.5) is 0 Å². The lowest BCUT2D eigenvalue weighted by Gasteiger charge is -2.26. The Bertz CT molecular complexity index is 422. The number of aromatic nitrogens is 1. The van der Waals surface area contributed by atoms with Crippen LogP contribution in [-0.4, -0.2) is 16.6 Å². The van der Waals surface area contributed by atoms with Crippen LogP contribution in [0.25, 0.3) is 0 Å². The van der Waals surface area contributed by atoms with Crippen molar-refractivity contribution in [3.8, 4) is 5.88 Å². The highest BCUT2D eigenvalue weighted by molar-refractivity contribution is 7.80. The molecule has 0 spiro atoms. The first kappa shape index (κ1) is 13.3. The lowest BCUT2D eigenvalue weighted by molar-refractivity contribution is 0.177. The smallest absolute Gasteiger partial charge is 0.213 e. The number of pyridine rings is 1. The van der Waals surface area contributed by atoms with Crippen LogP contribution in [0.1, 0.15) is 38.2 Å². The molecular weight excluding hydrogens is 244 g/mol. The van der Waals surface area contributed by atoms with Gasteiger partial charge in [0.25, 0.3) is 0 Å². The highest BCUT2D eigenvalue weighted by Gasteiger charge is 2.19. The summed E-state index contributed by atoms with van der Waals surface area (Å²) < 4.78 is 5.76. The number of hydrogen-bond acceptors (Lipinski definition) is 3. The molecule has 1 saturated carbocycles. The SMILES string of the molecule is CC1CCCC(COc2cc(C(N)=S)ccn2)C1. The van der Waals surface area contributed by atoms with Crippen molar-refractivity contribution < 1.29 is 4.74 Å². The van der Waals surface area contributed by atoms with E-state index in [2.05, 4.69) is 11.9 Å². The predicted octanol–water partition coefficient (Wildman–Crippen LogP) is 2.92. The average molecular weight is 264 g/mol. The third-order valence-electron chi connectivity index (χ3n) is 3.53. The zero-order valence-corrected chi connectivity index (χ0v) is 11.6. The number of nitrogens with zero attached hydrogens (tertiary/aromatic N) is 1. The molecule has 2 N–H and O–H groups in total. The molecule has 0 amide bonds. The highest BCUT2D eigenvalue weighted by atomic mass is 32.1. The van der Waals surface area contributed by atoms with Gasteiger partial charge in [0.2, 0.25) is 5.88 Å². The zero-order chi connectivity index (χ0) is 13.0. The fraction of sp³-hybridized carbons (Fsp3) is 0.571. The molecule has 0 bridgehead atoms. The summed E-state index contributed by atoms with van der Waals surface area (Å²) in [5.41, 5.74) is 6.40. The first-order chi connectivity index (χ1) is 8.65. The van der Waals surface area contributed by atoms with Crippen LogP contribution >= 0.6 is 12.2 Å². The standard InChI is InChI=1S/C14H20N2OS/c1-10-3-2-4-11(7-10)9-17-13-8-12(14(15)18)5-6-16-13/h5-6,8,10-11H,2-4,7,9H2,1H3,(H2,15,18). The van der Waals surface area contributed by atoms with Gasteiger partial charge in [-0.25, -0.2) is 4.98 Å². The number of thiocarbonyl (C=S) groups is 1. The fourth-order valence-electron chi connectivity index (χ4n) is 2.56. The molecule has 1 fully saturated rings. The molecule has 1 aromatic rings. The third-order valence-corrected chi connectivity index (χ3v) is 3.77. The van der Waals surface area contributed by atoms with E-state index in [-0.39, 0.29) is 0 Å². The number of rotatable bonds is 4. The average Bonchev–Trinajstić information content (AvgIpc) is 2.37. The van der Waals surface area contributed by atoms with Crippen LogP contribution in [0, 0.1) is 11.8 Å². The number of nitrogens with two attached hydrogens (primary N) is 1. The van der Waals surface area contributed by atoms with Crippen LogP contribution in [0.2, 0.25) is 0 Å². The van der Waals surface area contributed by atoms with Gasteiger partial charge in [0.05, 0.1) is 6.61 Å². The second-order valence-corrected chi connectivity index (χ2v) is 5.64. The van der Waals surface area contributed by atoms with Gasteiger partial charge in [-0.05, 0) is 30.7 Å². The summed E-state index contributed by atoms with van der Waals surface area (Å²) in [5, 5.41) is 0. The van der Waals surface area contributed by atoms with Gasteiger partial charge in [-0.3, -0.25) is 0 Å². The molecule has 18 heavy (non-hydrogen) atoms. The van der Waals surface area contributed by atoms with Gasteiger partial charge in [0.15, 0.2) is 0 Å². The van der Waals surface area contributed by atoms with E-state index in [1.54, 1.807) is 12.3 Å². The summed E-state index contributed by atoms with van der Waals surface area (Å²) in [7, 11) is 0. The van der Waals surface area contributed by atoms with Gasteiger partial charge < -0.3 is 10.5 Å². The Kier molecular flexibility index (Phi) is 4.53. The Morgan fingerprint density at radius 2 is 2.39 bits per heavy atom. The fourth-order valence-corrected chi connectivity index (χ4v) is 2.68. The summed E-state index contributed by atoms with van der Waals surface area (Å²) in [4.78, 5) is 4.57. The predicted molar refractivity (Wildman–Crippen MR) is 76.7 cm³/mol. The van der Waals surface area contributed by atoms with E-state index in [1.165, 1.54) is 25.7 Å². The van der Waals surface area contributed by atoms with Gasteiger partial charge >= 0.3 is 0 Å². The maximum absolute atomic E-state index is 5.76. The molecule has 2 rings (SSSR count). The molecule has 4 heteroatoms. The molecule has 1 aliphatic rings. The second kappa shape index (κ2) is 6.14. The maximum atomic E-state index is 5.76. The van der Waals surface area contributed by atoms with E-state index < -0.39 is 0 Å². The molecule has 2 atom stereocenters. The Hall–Kier alpha value is -1.16. The minimum atomic E-state index is 0.383. The van der Waals surface area contributed by atoms with Crippen molar-refractivity contribution in [1.29, 1.82) is 0 Å². The molecule has 1 aromatic heterocycles. The Balaban J connectivity index is 1.89. The summed E-state index contributed by atoms with van der Waals surface area (Å²) in [6.45, 7) is 3.07. The van der Waals surface area contributed by atoms with Gasteiger partial charge in [-0.15, -0.1) is 0 Å². The van der Waals surface area contributed by atoms with E-state index in [4.69, 9.17) is 22.7 Å². The van der Waals surface area contributed by atoms with Crippen molar-refractivity contribution in [2.24, 2.45) is 17.6 Å². The van der Waals surface area contributed by atoms with E-state index >= 15 is 0 Å². The van der Waals surface area contributed by atoms with Crippen LogP contribution in [0.5, 0.6) is 5.88 Å². The summed E-state index contributed by atoms with van der Waals surface area (Å²) in [6, 6.07) is 3.62.